The van der Waals surface area contributed by atoms with Crippen LogP contribution in [0.25, 0.3) is 0 Å². The molecule has 1 amide bonds. The van der Waals surface area contributed by atoms with E-state index in [9.17, 15) is 4.79 Å². The first-order valence-electron chi connectivity index (χ1n) is 6.24. The molecule has 19 heavy (non-hydrogen) atoms. The van der Waals surface area contributed by atoms with Crippen molar-refractivity contribution in [2.75, 3.05) is 6.61 Å². The molecule has 0 radical (unpaired) electrons. The molecule has 0 aliphatic carbocycles. The summed E-state index contributed by atoms with van der Waals surface area (Å²) in [5.41, 5.74) is 0.367. The largest absolute Gasteiger partial charge is 0.376 e. The van der Waals surface area contributed by atoms with Crippen molar-refractivity contribution in [2.45, 2.75) is 45.3 Å². The fourth-order valence-corrected chi connectivity index (χ4v) is 2.20. The first-order valence-corrected chi connectivity index (χ1v) is 6.24. The van der Waals surface area contributed by atoms with E-state index in [1.54, 1.807) is 6.92 Å². The Kier molecular flexibility index (Phi) is 3.58. The van der Waals surface area contributed by atoms with Gasteiger partial charge in [0.05, 0.1) is 18.1 Å². The van der Waals surface area contributed by atoms with Crippen LogP contribution in [0, 0.1) is 18.3 Å². The van der Waals surface area contributed by atoms with Crippen LogP contribution in [0.5, 0.6) is 0 Å². The van der Waals surface area contributed by atoms with Gasteiger partial charge in [0, 0.05) is 6.61 Å². The van der Waals surface area contributed by atoms with Gasteiger partial charge in [0.1, 0.15) is 17.3 Å². The third-order valence-electron chi connectivity index (χ3n) is 3.68. The summed E-state index contributed by atoms with van der Waals surface area (Å²) in [4.78, 5) is 12.0. The van der Waals surface area contributed by atoms with Gasteiger partial charge in [0.15, 0.2) is 5.76 Å². The molecule has 2 rings (SSSR count). The van der Waals surface area contributed by atoms with Gasteiger partial charge in [-0.2, -0.15) is 5.26 Å². The highest BCUT2D eigenvalue weighted by Crippen LogP contribution is 2.25. The van der Waals surface area contributed by atoms with Crippen molar-refractivity contribution in [1.29, 1.82) is 5.26 Å². The maximum atomic E-state index is 12.0. The molecule has 1 N–H and O–H groups in total. The number of hydrogen-bond donors (Lipinski definition) is 1. The number of aromatic nitrogens is 1. The van der Waals surface area contributed by atoms with Crippen molar-refractivity contribution >= 4 is 5.91 Å². The topological polar surface area (TPSA) is 88.2 Å². The second-order valence-electron chi connectivity index (χ2n) is 5.08. The van der Waals surface area contributed by atoms with Crippen molar-refractivity contribution < 1.29 is 14.1 Å². The molecule has 1 aliphatic rings. The van der Waals surface area contributed by atoms with Crippen LogP contribution in [0.15, 0.2) is 4.52 Å². The Balaban J connectivity index is 2.04. The Morgan fingerprint density at radius 2 is 2.42 bits per heavy atom. The van der Waals surface area contributed by atoms with E-state index in [2.05, 4.69) is 10.5 Å². The molecule has 0 aromatic carbocycles. The highest BCUT2D eigenvalue weighted by molar-refractivity contribution is 5.79. The van der Waals surface area contributed by atoms with E-state index in [0.29, 0.717) is 23.6 Å². The molecular weight excluding hydrogens is 246 g/mol. The number of hydrogen-bond acceptors (Lipinski definition) is 5. The molecule has 6 nitrogen and oxygen atoms in total. The Morgan fingerprint density at radius 1 is 1.68 bits per heavy atom. The highest BCUT2D eigenvalue weighted by atomic mass is 16.5. The smallest absolute Gasteiger partial charge is 0.226 e. The first kappa shape index (κ1) is 13.6. The van der Waals surface area contributed by atoms with Crippen LogP contribution in [0.2, 0.25) is 0 Å². The summed E-state index contributed by atoms with van der Waals surface area (Å²) in [6, 6.07) is 2.00. The molecule has 1 aliphatic heterocycles. The number of aryl methyl sites for hydroxylation is 1. The normalized spacial score (nSPS) is 26.1. The molecule has 1 saturated heterocycles. The number of nitrogens with zero attached hydrogens (tertiary/aromatic N) is 2. The van der Waals surface area contributed by atoms with Gasteiger partial charge in [-0.3, -0.25) is 4.79 Å². The SMILES string of the molecule is Cc1onc(CC(=O)NC2(C)CCOC2C)c1C#N. The summed E-state index contributed by atoms with van der Waals surface area (Å²) in [5, 5.41) is 15.7. The van der Waals surface area contributed by atoms with Gasteiger partial charge >= 0.3 is 0 Å². The highest BCUT2D eigenvalue weighted by Gasteiger charge is 2.38. The van der Waals surface area contributed by atoms with Crippen molar-refractivity contribution in [1.82, 2.24) is 10.5 Å². The zero-order valence-electron chi connectivity index (χ0n) is 11.3. The standard InChI is InChI=1S/C13H17N3O3/c1-8-10(7-14)11(16-19-8)6-12(17)15-13(3)4-5-18-9(13)2/h9H,4-6H2,1-3H3,(H,15,17). The van der Waals surface area contributed by atoms with E-state index in [-0.39, 0.29) is 24.0 Å². The lowest BCUT2D eigenvalue weighted by Crippen LogP contribution is -2.51. The zero-order valence-corrected chi connectivity index (χ0v) is 11.3. The second kappa shape index (κ2) is 5.02. The Hall–Kier alpha value is -1.87. The Labute approximate surface area is 111 Å². The predicted octanol–water partition coefficient (Wildman–Crippen LogP) is 1.08. The second-order valence-corrected chi connectivity index (χ2v) is 5.08. The zero-order chi connectivity index (χ0) is 14.0. The maximum absolute atomic E-state index is 12.0. The lowest BCUT2D eigenvalue weighted by atomic mass is 9.94. The molecule has 1 aromatic rings. The molecule has 102 valence electrons. The van der Waals surface area contributed by atoms with Crippen LogP contribution < -0.4 is 5.32 Å². The van der Waals surface area contributed by atoms with Gasteiger partial charge in [-0.25, -0.2) is 0 Å². The van der Waals surface area contributed by atoms with Gasteiger partial charge in [-0.05, 0) is 27.2 Å². The summed E-state index contributed by atoms with van der Waals surface area (Å²) >= 11 is 0. The number of nitrogens with one attached hydrogen (secondary N) is 1. The van der Waals surface area contributed by atoms with Gasteiger partial charge in [-0.1, -0.05) is 5.16 Å². The van der Waals surface area contributed by atoms with E-state index in [1.807, 2.05) is 19.9 Å². The molecule has 0 spiro atoms. The minimum Gasteiger partial charge on any atom is -0.376 e. The predicted molar refractivity (Wildman–Crippen MR) is 66.2 cm³/mol. The molecule has 2 unspecified atom stereocenters. The number of nitriles is 1. The monoisotopic (exact) mass is 263 g/mol. The lowest BCUT2D eigenvalue weighted by Gasteiger charge is -2.28. The van der Waals surface area contributed by atoms with Gasteiger partial charge in [0.25, 0.3) is 0 Å². The fourth-order valence-electron chi connectivity index (χ4n) is 2.20. The summed E-state index contributed by atoms with van der Waals surface area (Å²) in [5.74, 6) is 0.263. The minimum absolute atomic E-state index is 0.0223. The number of carbonyl (C=O) groups is 1. The molecule has 2 heterocycles. The number of rotatable bonds is 3. The molecular formula is C13H17N3O3. The van der Waals surface area contributed by atoms with Crippen molar-refractivity contribution in [2.24, 2.45) is 0 Å². The molecule has 6 heteroatoms. The molecule has 2 atom stereocenters. The van der Waals surface area contributed by atoms with Crippen LogP contribution in [0.1, 0.15) is 37.3 Å². The minimum atomic E-state index is -0.358. The van der Waals surface area contributed by atoms with E-state index in [0.717, 1.165) is 6.42 Å². The lowest BCUT2D eigenvalue weighted by molar-refractivity contribution is -0.122. The van der Waals surface area contributed by atoms with E-state index in [4.69, 9.17) is 14.5 Å². The van der Waals surface area contributed by atoms with Gasteiger partial charge in [-0.15, -0.1) is 0 Å². The third kappa shape index (κ3) is 2.61. The molecule has 0 saturated carbocycles. The summed E-state index contributed by atoms with van der Waals surface area (Å²) in [6.07, 6.45) is 0.803. The van der Waals surface area contributed by atoms with Crippen LogP contribution in [0.4, 0.5) is 0 Å². The third-order valence-corrected chi connectivity index (χ3v) is 3.68. The number of amides is 1. The number of carbonyl (C=O) groups excluding carboxylic acids is 1. The quantitative estimate of drug-likeness (QED) is 0.881. The summed E-state index contributed by atoms with van der Waals surface area (Å²) < 4.78 is 10.4. The Bertz CT molecular complexity index is 532. The van der Waals surface area contributed by atoms with E-state index in [1.165, 1.54) is 0 Å². The van der Waals surface area contributed by atoms with E-state index >= 15 is 0 Å². The molecule has 1 aromatic heterocycles. The van der Waals surface area contributed by atoms with Gasteiger partial charge < -0.3 is 14.6 Å². The first-order chi connectivity index (χ1) is 8.96. The molecule has 0 bridgehead atoms. The fraction of sp³-hybridized carbons (Fsp3) is 0.615. The Morgan fingerprint density at radius 3 is 3.00 bits per heavy atom. The summed E-state index contributed by atoms with van der Waals surface area (Å²) in [6.45, 7) is 6.20. The summed E-state index contributed by atoms with van der Waals surface area (Å²) in [7, 11) is 0. The molecule has 1 fully saturated rings. The van der Waals surface area contributed by atoms with Crippen molar-refractivity contribution in [3.05, 3.63) is 17.0 Å². The van der Waals surface area contributed by atoms with Crippen molar-refractivity contribution in [3.8, 4) is 6.07 Å². The number of ether oxygens (including phenoxy) is 1. The average Bonchev–Trinajstić information content (AvgIpc) is 2.84. The van der Waals surface area contributed by atoms with Crippen LogP contribution >= 0.6 is 0 Å². The maximum Gasteiger partial charge on any atom is 0.226 e. The van der Waals surface area contributed by atoms with Crippen molar-refractivity contribution in [3.63, 3.8) is 0 Å². The van der Waals surface area contributed by atoms with Crippen LogP contribution in [0.3, 0.4) is 0 Å². The average molecular weight is 263 g/mol. The van der Waals surface area contributed by atoms with Crippen LogP contribution in [-0.4, -0.2) is 29.3 Å². The van der Waals surface area contributed by atoms with E-state index < -0.39 is 0 Å². The van der Waals surface area contributed by atoms with Crippen LogP contribution in [-0.2, 0) is 16.0 Å². The van der Waals surface area contributed by atoms with Gasteiger partial charge in [0.2, 0.25) is 5.91 Å².